The summed E-state index contributed by atoms with van der Waals surface area (Å²) >= 11 is 1.45. The summed E-state index contributed by atoms with van der Waals surface area (Å²) in [5.41, 5.74) is 0.0746. The summed E-state index contributed by atoms with van der Waals surface area (Å²) in [6.45, 7) is 21.3. The van der Waals surface area contributed by atoms with Gasteiger partial charge in [-0.25, -0.2) is 18.2 Å². The van der Waals surface area contributed by atoms with Crippen LogP contribution < -0.4 is 21.3 Å². The number of carbonyl (C=O) groups excluding carboxylic acids is 4. The highest BCUT2D eigenvalue weighted by atomic mass is 32.2. The van der Waals surface area contributed by atoms with Crippen LogP contribution in [0.2, 0.25) is 0 Å². The Kier molecular flexibility index (Phi) is 18.4. The standard InChI is InChI=1S/C35H63N5O8S2/c1-20(2)13-26(29(41)14-23(7)31(42)40-28(22(5)6)19-50(46,47)18-21(3)4)38-33(44)27(16-36-34(45)48-35(10,11)12)39-32(43)24(8)15-30-37-25(9)17-49-30/h17,20-24,26-29,41H,13-16,18-19H2,1-12H3,(H,36,45)(H,38,44)(H,39,43)(H,40,42). The number of rotatable bonds is 20. The van der Waals surface area contributed by atoms with Crippen LogP contribution in [0.4, 0.5) is 4.79 Å². The van der Waals surface area contributed by atoms with Gasteiger partial charge in [0.1, 0.15) is 11.6 Å². The van der Waals surface area contributed by atoms with Crippen LogP contribution in [0.15, 0.2) is 5.38 Å². The maximum absolute atomic E-state index is 13.7. The van der Waals surface area contributed by atoms with Gasteiger partial charge in [-0.15, -0.1) is 11.3 Å². The Hall–Kier alpha value is -2.78. The van der Waals surface area contributed by atoms with Crippen molar-refractivity contribution < 1.29 is 37.4 Å². The Labute approximate surface area is 303 Å². The maximum Gasteiger partial charge on any atom is 0.407 e. The molecule has 0 fully saturated rings. The number of aromatic nitrogens is 1. The van der Waals surface area contributed by atoms with E-state index in [1.54, 1.807) is 34.6 Å². The van der Waals surface area contributed by atoms with Gasteiger partial charge in [0.05, 0.1) is 35.2 Å². The maximum atomic E-state index is 13.7. The normalized spacial score (nSPS) is 15.9. The minimum atomic E-state index is -3.39. The van der Waals surface area contributed by atoms with Crippen LogP contribution in [-0.2, 0) is 35.4 Å². The Bertz CT molecular complexity index is 1360. The average Bonchev–Trinajstić information content (AvgIpc) is 3.35. The highest BCUT2D eigenvalue weighted by Crippen LogP contribution is 2.18. The monoisotopic (exact) mass is 745 g/mol. The van der Waals surface area contributed by atoms with E-state index in [2.05, 4.69) is 26.3 Å². The van der Waals surface area contributed by atoms with Crippen LogP contribution in [0.1, 0.15) is 99.7 Å². The molecule has 0 aliphatic heterocycles. The fourth-order valence-corrected chi connectivity index (χ4v) is 8.26. The van der Waals surface area contributed by atoms with E-state index in [4.69, 9.17) is 4.74 Å². The number of nitrogens with one attached hydrogen (secondary N) is 4. The molecule has 1 heterocycles. The van der Waals surface area contributed by atoms with Crippen molar-refractivity contribution in [2.24, 2.45) is 29.6 Å². The van der Waals surface area contributed by atoms with E-state index in [0.717, 1.165) is 10.7 Å². The van der Waals surface area contributed by atoms with E-state index >= 15 is 0 Å². The minimum Gasteiger partial charge on any atom is -0.444 e. The van der Waals surface area contributed by atoms with Gasteiger partial charge in [-0.1, -0.05) is 55.4 Å². The number of hydrogen-bond acceptors (Lipinski definition) is 10. The number of sulfone groups is 1. The third kappa shape index (κ3) is 17.9. The lowest BCUT2D eigenvalue weighted by atomic mass is 9.92. The molecular formula is C35H63N5O8S2. The van der Waals surface area contributed by atoms with Gasteiger partial charge in [-0.3, -0.25) is 14.4 Å². The van der Waals surface area contributed by atoms with Gasteiger partial charge in [-0.05, 0) is 58.3 Å². The highest BCUT2D eigenvalue weighted by molar-refractivity contribution is 7.91. The van der Waals surface area contributed by atoms with E-state index in [1.165, 1.54) is 11.3 Å². The minimum absolute atomic E-state index is 0.00942. The summed E-state index contributed by atoms with van der Waals surface area (Å²) in [7, 11) is -3.39. The smallest absolute Gasteiger partial charge is 0.407 e. The van der Waals surface area contributed by atoms with Gasteiger partial charge >= 0.3 is 6.09 Å². The Morgan fingerprint density at radius 2 is 1.42 bits per heavy atom. The van der Waals surface area contributed by atoms with E-state index in [9.17, 15) is 32.7 Å². The third-order valence-corrected chi connectivity index (χ3v) is 10.8. The number of amides is 4. The lowest BCUT2D eigenvalue weighted by molar-refractivity contribution is -0.131. The molecular weight excluding hydrogens is 683 g/mol. The van der Waals surface area contributed by atoms with Crippen molar-refractivity contribution in [3.8, 4) is 0 Å². The second-order valence-electron chi connectivity index (χ2n) is 15.7. The summed E-state index contributed by atoms with van der Waals surface area (Å²) in [6, 6.07) is -2.58. The molecule has 6 unspecified atom stereocenters. The summed E-state index contributed by atoms with van der Waals surface area (Å²) in [5, 5.41) is 25.0. The molecule has 1 rings (SSSR count). The zero-order valence-corrected chi connectivity index (χ0v) is 33.7. The average molecular weight is 746 g/mol. The summed E-state index contributed by atoms with van der Waals surface area (Å²) in [5.74, 6) is -2.94. The molecule has 0 radical (unpaired) electrons. The van der Waals surface area contributed by atoms with Gasteiger partial charge in [0.2, 0.25) is 17.7 Å². The second-order valence-corrected chi connectivity index (χ2v) is 18.8. The lowest BCUT2D eigenvalue weighted by Gasteiger charge is -2.30. The Morgan fingerprint density at radius 3 is 1.92 bits per heavy atom. The number of alkyl carbamates (subject to hydrolysis) is 1. The van der Waals surface area contributed by atoms with Crippen LogP contribution in [0, 0.1) is 36.5 Å². The zero-order chi connectivity index (χ0) is 38.6. The van der Waals surface area contributed by atoms with E-state index in [1.807, 2.05) is 53.8 Å². The van der Waals surface area contributed by atoms with Crippen LogP contribution >= 0.6 is 11.3 Å². The molecule has 0 saturated carbocycles. The molecule has 6 atom stereocenters. The van der Waals surface area contributed by atoms with Crippen LogP contribution in [0.5, 0.6) is 0 Å². The number of ether oxygens (including phenoxy) is 1. The molecule has 13 nitrogen and oxygen atoms in total. The first-order valence-corrected chi connectivity index (χ1v) is 20.3. The second kappa shape index (κ2) is 20.3. The number of aliphatic hydroxyl groups is 1. The molecule has 0 bridgehead atoms. The molecule has 4 amide bonds. The molecule has 5 N–H and O–H groups in total. The quantitative estimate of drug-likeness (QED) is 0.132. The fraction of sp³-hybridized carbons (Fsp3) is 0.800. The number of nitrogens with zero attached hydrogens (tertiary/aromatic N) is 1. The predicted octanol–water partition coefficient (Wildman–Crippen LogP) is 3.77. The van der Waals surface area contributed by atoms with Crippen molar-refractivity contribution in [3.05, 3.63) is 16.1 Å². The van der Waals surface area contributed by atoms with Crippen molar-refractivity contribution in [2.75, 3.05) is 18.1 Å². The highest BCUT2D eigenvalue weighted by Gasteiger charge is 2.32. The van der Waals surface area contributed by atoms with Crippen LogP contribution in [0.3, 0.4) is 0 Å². The number of aryl methyl sites for hydroxylation is 1. The first kappa shape index (κ1) is 45.2. The number of aliphatic hydroxyl groups excluding tert-OH is 1. The van der Waals surface area contributed by atoms with Crippen LogP contribution in [0.25, 0.3) is 0 Å². The molecule has 0 spiro atoms. The predicted molar refractivity (Wildman–Crippen MR) is 197 cm³/mol. The number of thiazole rings is 1. The summed E-state index contributed by atoms with van der Waals surface area (Å²) in [4.78, 5) is 57.1. The van der Waals surface area contributed by atoms with Crippen molar-refractivity contribution in [1.29, 1.82) is 0 Å². The van der Waals surface area contributed by atoms with Gasteiger partial charge in [-0.2, -0.15) is 0 Å². The zero-order valence-electron chi connectivity index (χ0n) is 32.1. The van der Waals surface area contributed by atoms with Crippen LogP contribution in [-0.4, -0.2) is 90.2 Å². The summed E-state index contributed by atoms with van der Waals surface area (Å²) < 4.78 is 30.7. The van der Waals surface area contributed by atoms with Crippen molar-refractivity contribution in [2.45, 2.75) is 132 Å². The van der Waals surface area contributed by atoms with E-state index in [-0.39, 0.29) is 42.2 Å². The molecule has 1 aromatic heterocycles. The van der Waals surface area contributed by atoms with E-state index in [0.29, 0.717) is 12.8 Å². The first-order chi connectivity index (χ1) is 22.9. The largest absolute Gasteiger partial charge is 0.444 e. The van der Waals surface area contributed by atoms with Gasteiger partial charge in [0, 0.05) is 35.4 Å². The van der Waals surface area contributed by atoms with Crippen molar-refractivity contribution >= 4 is 45.0 Å². The molecule has 1 aromatic rings. The van der Waals surface area contributed by atoms with Gasteiger partial charge in [0.15, 0.2) is 9.84 Å². The Balaban J connectivity index is 3.11. The molecule has 0 aromatic carbocycles. The molecule has 50 heavy (non-hydrogen) atoms. The first-order valence-electron chi connectivity index (χ1n) is 17.6. The van der Waals surface area contributed by atoms with Gasteiger partial charge in [0.25, 0.3) is 0 Å². The third-order valence-electron chi connectivity index (χ3n) is 7.79. The summed E-state index contributed by atoms with van der Waals surface area (Å²) in [6.07, 6.45) is -1.18. The fourth-order valence-electron chi connectivity index (χ4n) is 5.19. The topological polar surface area (TPSA) is 193 Å². The number of hydrogen-bond donors (Lipinski definition) is 5. The number of carbonyl (C=O) groups is 4. The molecule has 288 valence electrons. The molecule has 0 aliphatic carbocycles. The SMILES string of the molecule is Cc1csc(CC(C)C(=O)NC(CNC(=O)OC(C)(C)C)C(=O)NC(CC(C)C)C(O)CC(C)C(=O)NC(CS(=O)(=O)CC(C)C)C(C)C)n1. The van der Waals surface area contributed by atoms with Crippen molar-refractivity contribution in [1.82, 2.24) is 26.3 Å². The molecule has 15 heteroatoms. The van der Waals surface area contributed by atoms with Gasteiger partial charge < -0.3 is 31.1 Å². The van der Waals surface area contributed by atoms with E-state index < -0.39 is 75.3 Å². The van der Waals surface area contributed by atoms with Crippen molar-refractivity contribution in [3.63, 3.8) is 0 Å². The molecule has 0 saturated heterocycles. The molecule has 0 aliphatic rings. The lowest BCUT2D eigenvalue weighted by Crippen LogP contribution is -2.57. The Morgan fingerprint density at radius 1 is 0.840 bits per heavy atom.